The van der Waals surface area contributed by atoms with Crippen molar-refractivity contribution >= 4 is 26.6 Å². The van der Waals surface area contributed by atoms with Gasteiger partial charge in [-0.25, -0.2) is 9.78 Å². The molecule has 2 N–H and O–H groups in total. The number of rotatable bonds is 1. The second-order valence-electron chi connectivity index (χ2n) is 3.86. The van der Waals surface area contributed by atoms with Crippen molar-refractivity contribution in [2.24, 2.45) is 0 Å². The van der Waals surface area contributed by atoms with Crippen molar-refractivity contribution in [1.29, 1.82) is 5.26 Å². The molecule has 3 rings (SSSR count). The number of thiophene rings is 1. The van der Waals surface area contributed by atoms with E-state index in [1.54, 1.807) is 30.3 Å². The molecule has 3 aromatic rings. The number of aromatic nitrogens is 1. The Kier molecular flexibility index (Phi) is 2.54. The highest BCUT2D eigenvalue weighted by molar-refractivity contribution is 7.22. The summed E-state index contributed by atoms with van der Waals surface area (Å²) in [5.74, 6) is 0.222. The van der Waals surface area contributed by atoms with Gasteiger partial charge in [-0.05, 0) is 30.3 Å². The lowest BCUT2D eigenvalue weighted by Gasteiger charge is -1.99. The van der Waals surface area contributed by atoms with Crippen LogP contribution < -0.4 is 11.4 Å². The van der Waals surface area contributed by atoms with E-state index in [1.807, 2.05) is 6.07 Å². The summed E-state index contributed by atoms with van der Waals surface area (Å²) in [7, 11) is 0. The van der Waals surface area contributed by atoms with Crippen LogP contribution in [0, 0.1) is 11.3 Å². The predicted molar refractivity (Wildman–Crippen MR) is 72.7 cm³/mol. The van der Waals surface area contributed by atoms with E-state index >= 15 is 0 Å². The molecule has 0 spiro atoms. The molecule has 0 amide bonds. The molecule has 0 aliphatic carbocycles. The molecule has 0 fully saturated rings. The number of fused-ring (bicyclic) bond motifs is 1. The SMILES string of the molecule is N#Cc1ccc(-c2nc3cc(N)sc3c(=O)o2)cc1. The Bertz CT molecular complexity index is 856. The van der Waals surface area contributed by atoms with Gasteiger partial charge in [0, 0.05) is 5.56 Å². The second-order valence-corrected chi connectivity index (χ2v) is 4.94. The van der Waals surface area contributed by atoms with Crippen LogP contribution in [0.3, 0.4) is 0 Å². The molecule has 0 aliphatic rings. The zero-order chi connectivity index (χ0) is 13.4. The number of nitrogen functional groups attached to an aromatic ring is 1. The fourth-order valence-electron chi connectivity index (χ4n) is 1.71. The number of nitriles is 1. The van der Waals surface area contributed by atoms with Gasteiger partial charge in [0.2, 0.25) is 5.89 Å². The number of nitrogens with two attached hydrogens (primary N) is 1. The highest BCUT2D eigenvalue weighted by Gasteiger charge is 2.11. The van der Waals surface area contributed by atoms with Gasteiger partial charge >= 0.3 is 5.63 Å². The molecule has 19 heavy (non-hydrogen) atoms. The lowest BCUT2D eigenvalue weighted by atomic mass is 10.1. The summed E-state index contributed by atoms with van der Waals surface area (Å²) >= 11 is 1.15. The summed E-state index contributed by atoms with van der Waals surface area (Å²) in [6.07, 6.45) is 0. The van der Waals surface area contributed by atoms with Crippen LogP contribution in [0.4, 0.5) is 5.00 Å². The molecule has 2 heterocycles. The largest absolute Gasteiger partial charge is 0.403 e. The number of benzene rings is 1. The van der Waals surface area contributed by atoms with Crippen molar-refractivity contribution in [3.63, 3.8) is 0 Å². The average molecular weight is 269 g/mol. The Morgan fingerprint density at radius 3 is 2.74 bits per heavy atom. The first-order chi connectivity index (χ1) is 9.17. The van der Waals surface area contributed by atoms with Gasteiger partial charge in [-0.2, -0.15) is 5.26 Å². The lowest BCUT2D eigenvalue weighted by molar-refractivity contribution is 0.519. The van der Waals surface area contributed by atoms with E-state index in [0.717, 1.165) is 11.3 Å². The topological polar surface area (TPSA) is 92.9 Å². The Labute approximate surface area is 111 Å². The molecule has 0 bridgehead atoms. The van der Waals surface area contributed by atoms with Crippen LogP contribution in [0.15, 0.2) is 39.5 Å². The molecule has 6 heteroatoms. The van der Waals surface area contributed by atoms with Gasteiger partial charge in [-0.15, -0.1) is 11.3 Å². The normalized spacial score (nSPS) is 10.5. The van der Waals surface area contributed by atoms with Gasteiger partial charge in [0.15, 0.2) is 0 Å². The molecule has 2 aromatic heterocycles. The zero-order valence-electron chi connectivity index (χ0n) is 9.58. The molecule has 0 saturated carbocycles. The molecule has 0 aliphatic heterocycles. The predicted octanol–water partition coefficient (Wildman–Crippen LogP) is 2.37. The quantitative estimate of drug-likeness (QED) is 0.732. The van der Waals surface area contributed by atoms with Gasteiger partial charge in [-0.1, -0.05) is 0 Å². The molecule has 1 aromatic carbocycles. The summed E-state index contributed by atoms with van der Waals surface area (Å²) in [6, 6.07) is 10.3. The summed E-state index contributed by atoms with van der Waals surface area (Å²) in [4.78, 5) is 16.1. The van der Waals surface area contributed by atoms with Crippen LogP contribution in [0.1, 0.15) is 5.56 Å². The third-order valence-corrected chi connectivity index (χ3v) is 3.52. The first kappa shape index (κ1) is 11.4. The Morgan fingerprint density at radius 2 is 2.05 bits per heavy atom. The van der Waals surface area contributed by atoms with Crippen LogP contribution in [0.25, 0.3) is 21.7 Å². The highest BCUT2D eigenvalue weighted by atomic mass is 32.1. The minimum absolute atomic E-state index is 0.222. The lowest BCUT2D eigenvalue weighted by Crippen LogP contribution is -2.00. The van der Waals surface area contributed by atoms with E-state index in [4.69, 9.17) is 15.4 Å². The van der Waals surface area contributed by atoms with E-state index in [2.05, 4.69) is 4.98 Å². The third kappa shape index (κ3) is 1.96. The smallest absolute Gasteiger partial charge is 0.357 e. The fraction of sp³-hybridized carbons (Fsp3) is 0. The summed E-state index contributed by atoms with van der Waals surface area (Å²) in [6.45, 7) is 0. The number of hydrogen-bond acceptors (Lipinski definition) is 6. The van der Waals surface area contributed by atoms with Crippen LogP contribution in [-0.4, -0.2) is 4.98 Å². The second kappa shape index (κ2) is 4.23. The van der Waals surface area contributed by atoms with E-state index in [1.165, 1.54) is 0 Å². The molecular weight excluding hydrogens is 262 g/mol. The maximum atomic E-state index is 11.8. The van der Waals surface area contributed by atoms with E-state index in [-0.39, 0.29) is 5.89 Å². The van der Waals surface area contributed by atoms with E-state index in [9.17, 15) is 4.79 Å². The third-order valence-electron chi connectivity index (χ3n) is 2.59. The van der Waals surface area contributed by atoms with E-state index in [0.29, 0.717) is 26.3 Å². The van der Waals surface area contributed by atoms with Crippen molar-refractivity contribution < 1.29 is 4.42 Å². The standard InChI is InChI=1S/C13H7N3O2S/c14-6-7-1-3-8(4-2-7)12-16-9-5-10(15)19-11(9)13(17)18-12/h1-5H,15H2. The first-order valence-electron chi connectivity index (χ1n) is 5.38. The molecule has 0 radical (unpaired) electrons. The fourth-order valence-corrected chi connectivity index (χ4v) is 2.45. The van der Waals surface area contributed by atoms with Gasteiger partial charge in [0.1, 0.15) is 4.70 Å². The zero-order valence-corrected chi connectivity index (χ0v) is 10.4. The molecular formula is C13H7N3O2S. The maximum Gasteiger partial charge on any atom is 0.357 e. The molecule has 92 valence electrons. The first-order valence-corrected chi connectivity index (χ1v) is 6.20. The molecule has 0 atom stereocenters. The minimum atomic E-state index is -0.453. The summed E-state index contributed by atoms with van der Waals surface area (Å²) in [5.41, 5.74) is 6.90. The van der Waals surface area contributed by atoms with Crippen molar-refractivity contribution in [3.05, 3.63) is 46.3 Å². The van der Waals surface area contributed by atoms with Crippen molar-refractivity contribution in [1.82, 2.24) is 4.98 Å². The number of anilines is 1. The van der Waals surface area contributed by atoms with Crippen molar-refractivity contribution in [2.45, 2.75) is 0 Å². The highest BCUT2D eigenvalue weighted by Crippen LogP contribution is 2.25. The average Bonchev–Trinajstić information content (AvgIpc) is 2.80. The van der Waals surface area contributed by atoms with Crippen LogP contribution in [0.5, 0.6) is 0 Å². The van der Waals surface area contributed by atoms with Crippen molar-refractivity contribution in [2.75, 3.05) is 5.73 Å². The monoisotopic (exact) mass is 269 g/mol. The number of hydrogen-bond donors (Lipinski definition) is 1. The summed E-state index contributed by atoms with van der Waals surface area (Å²) in [5, 5.41) is 9.26. The van der Waals surface area contributed by atoms with Gasteiger partial charge in [-0.3, -0.25) is 0 Å². The molecule has 5 nitrogen and oxygen atoms in total. The Balaban J connectivity index is 2.19. The van der Waals surface area contributed by atoms with Crippen LogP contribution in [0.2, 0.25) is 0 Å². The molecule has 0 saturated heterocycles. The van der Waals surface area contributed by atoms with E-state index < -0.39 is 5.63 Å². The Morgan fingerprint density at radius 1 is 1.32 bits per heavy atom. The Hall–Kier alpha value is -2.65. The minimum Gasteiger partial charge on any atom is -0.403 e. The van der Waals surface area contributed by atoms with Crippen LogP contribution in [-0.2, 0) is 0 Å². The summed E-state index contributed by atoms with van der Waals surface area (Å²) < 4.78 is 5.58. The molecule has 0 unspecified atom stereocenters. The number of nitrogens with zero attached hydrogens (tertiary/aromatic N) is 2. The maximum absolute atomic E-state index is 11.8. The van der Waals surface area contributed by atoms with Crippen LogP contribution >= 0.6 is 11.3 Å². The van der Waals surface area contributed by atoms with Crippen molar-refractivity contribution in [3.8, 4) is 17.5 Å². The van der Waals surface area contributed by atoms with Gasteiger partial charge in [0.25, 0.3) is 0 Å². The van der Waals surface area contributed by atoms with Gasteiger partial charge in [0.05, 0.1) is 22.2 Å². The van der Waals surface area contributed by atoms with Gasteiger partial charge < -0.3 is 10.2 Å².